The Hall–Kier alpha value is -2.43. The second kappa shape index (κ2) is 8.73. The molecular weight excluding hydrogens is 512 g/mol. The molecule has 2 amide bonds. The van der Waals surface area contributed by atoms with Gasteiger partial charge in [-0.15, -0.1) is 22.0 Å². The van der Waals surface area contributed by atoms with Crippen molar-refractivity contribution in [2.75, 3.05) is 22.8 Å². The number of carbonyl (C=O) groups is 3. The highest BCUT2D eigenvalue weighted by Gasteiger charge is 2.57. The van der Waals surface area contributed by atoms with E-state index >= 15 is 0 Å². The average Bonchev–Trinajstić information content (AvgIpc) is 3.37. The van der Waals surface area contributed by atoms with Crippen LogP contribution in [0.5, 0.6) is 0 Å². The minimum absolute atomic E-state index is 0.119. The number of rotatable bonds is 7. The minimum Gasteiger partial charge on any atom is -0.477 e. The summed E-state index contributed by atoms with van der Waals surface area (Å²) < 4.78 is 25.9. The van der Waals surface area contributed by atoms with E-state index in [0.717, 1.165) is 25.8 Å². The first kappa shape index (κ1) is 23.7. The summed E-state index contributed by atoms with van der Waals surface area (Å²) in [5.41, 5.74) is 0.438. The number of β-lactam (4-membered cyclic amide) rings is 1. The fourth-order valence-corrected chi connectivity index (χ4v) is 7.63. The summed E-state index contributed by atoms with van der Waals surface area (Å²) in [6.45, 7) is 3.02. The maximum absolute atomic E-state index is 13.1. The van der Waals surface area contributed by atoms with E-state index in [9.17, 15) is 27.9 Å². The summed E-state index contributed by atoms with van der Waals surface area (Å²) >= 11 is 4.05. The van der Waals surface area contributed by atoms with E-state index < -0.39 is 39.0 Å². The van der Waals surface area contributed by atoms with Crippen LogP contribution < -0.4 is 5.01 Å². The highest BCUT2D eigenvalue weighted by Crippen LogP contribution is 2.43. The van der Waals surface area contributed by atoms with Gasteiger partial charge in [0.1, 0.15) is 16.1 Å². The number of aromatic nitrogens is 4. The van der Waals surface area contributed by atoms with Crippen LogP contribution in [0.1, 0.15) is 11.9 Å². The van der Waals surface area contributed by atoms with Gasteiger partial charge < -0.3 is 5.11 Å². The number of aliphatic carboxylic acids is 1. The number of carboxylic acid groups (broad SMARTS) is 1. The molecule has 4 heterocycles. The Morgan fingerprint density at radius 1 is 1.36 bits per heavy atom. The number of imidazole rings is 1. The number of hydrogen-bond acceptors (Lipinski definition) is 11. The molecule has 16 heteroatoms. The zero-order valence-corrected chi connectivity index (χ0v) is 20.8. The van der Waals surface area contributed by atoms with Crippen LogP contribution in [0, 0.1) is 6.92 Å². The Morgan fingerprint density at radius 2 is 2.09 bits per heavy atom. The van der Waals surface area contributed by atoms with E-state index in [1.54, 1.807) is 0 Å². The smallest absolute Gasteiger partial charge is 0.352 e. The molecule has 0 saturated carbocycles. The number of carboxylic acids is 1. The Morgan fingerprint density at radius 3 is 2.67 bits per heavy atom. The Balaban J connectivity index is 1.64. The van der Waals surface area contributed by atoms with Gasteiger partial charge in [-0.3, -0.25) is 14.5 Å². The van der Waals surface area contributed by atoms with Gasteiger partial charge in [-0.05, 0) is 12.5 Å². The van der Waals surface area contributed by atoms with Crippen molar-refractivity contribution in [2.45, 2.75) is 34.8 Å². The Bertz CT molecular complexity index is 1280. The van der Waals surface area contributed by atoms with E-state index in [4.69, 9.17) is 0 Å². The first-order valence-corrected chi connectivity index (χ1v) is 14.1. The average molecular weight is 531 g/mol. The van der Waals surface area contributed by atoms with Crippen LogP contribution in [0.25, 0.3) is 0 Å². The van der Waals surface area contributed by atoms with Crippen LogP contribution >= 0.6 is 34.9 Å². The van der Waals surface area contributed by atoms with Gasteiger partial charge in [0, 0.05) is 37.1 Å². The summed E-state index contributed by atoms with van der Waals surface area (Å²) in [6, 6.07) is -1.07. The van der Waals surface area contributed by atoms with Crippen LogP contribution in [-0.4, -0.2) is 85.2 Å². The van der Waals surface area contributed by atoms with Gasteiger partial charge >= 0.3 is 5.97 Å². The first-order chi connectivity index (χ1) is 15.5. The topological polar surface area (TPSA) is 156 Å². The molecule has 12 nitrogen and oxygen atoms in total. The number of aryl methyl sites for hydroxylation is 1. The van der Waals surface area contributed by atoms with Gasteiger partial charge in [0.05, 0.1) is 0 Å². The summed E-state index contributed by atoms with van der Waals surface area (Å²) in [7, 11) is -3.79. The highest BCUT2D eigenvalue weighted by atomic mass is 32.2. The zero-order chi connectivity index (χ0) is 24.1. The molecule has 1 saturated heterocycles. The molecule has 0 aromatic carbocycles. The molecule has 0 radical (unpaired) electrons. The van der Waals surface area contributed by atoms with Crippen LogP contribution in [0.4, 0.5) is 0 Å². The summed E-state index contributed by atoms with van der Waals surface area (Å²) in [6.07, 6.45) is 3.44. The Labute approximate surface area is 200 Å². The van der Waals surface area contributed by atoms with Gasteiger partial charge in [-0.25, -0.2) is 27.9 Å². The van der Waals surface area contributed by atoms with Crippen molar-refractivity contribution in [3.63, 3.8) is 0 Å². The molecule has 1 N–H and O–H groups in total. The van der Waals surface area contributed by atoms with Gasteiger partial charge in [-0.1, -0.05) is 23.1 Å². The van der Waals surface area contributed by atoms with Crippen LogP contribution in [-0.2, 0) is 24.2 Å². The molecule has 1 fully saturated rings. The largest absolute Gasteiger partial charge is 0.477 e. The predicted octanol–water partition coefficient (Wildman–Crippen LogP) is 0.346. The minimum atomic E-state index is -3.79. The van der Waals surface area contributed by atoms with Crippen LogP contribution in [0.15, 0.2) is 33.2 Å². The molecule has 176 valence electrons. The van der Waals surface area contributed by atoms with Gasteiger partial charge in [-0.2, -0.15) is 0 Å². The molecule has 2 unspecified atom stereocenters. The van der Waals surface area contributed by atoms with Crippen molar-refractivity contribution in [2.24, 2.45) is 0 Å². The van der Waals surface area contributed by atoms with Gasteiger partial charge in [0.25, 0.3) is 5.91 Å². The molecule has 2 aliphatic rings. The highest BCUT2D eigenvalue weighted by molar-refractivity contribution is 8.01. The molecule has 4 rings (SSSR count). The standard InChI is InChI=1S/C17H18N6O6S4/c1-8-19-20-17(32-8)31-7-10-6-30-14-12(13(25)22(14)11(10)15(26)27)23(9(2)24)21-5-4-18-16(21)33(3,28)29/h4-5,12,14H,6-7H2,1-3H3,(H,26,27). The van der Waals surface area contributed by atoms with Crippen molar-refractivity contribution in [1.82, 2.24) is 24.8 Å². The first-order valence-electron chi connectivity index (χ1n) is 9.37. The molecule has 2 aromatic rings. The number of amides is 2. The van der Waals surface area contributed by atoms with Crippen molar-refractivity contribution in [3.05, 3.63) is 28.7 Å². The third-order valence-electron chi connectivity index (χ3n) is 4.84. The predicted molar refractivity (Wildman–Crippen MR) is 121 cm³/mol. The van der Waals surface area contributed by atoms with E-state index in [1.807, 2.05) is 6.92 Å². The van der Waals surface area contributed by atoms with Gasteiger partial charge in [0.15, 0.2) is 10.4 Å². The molecule has 0 bridgehead atoms. The number of thioether (sulfide) groups is 2. The second-order valence-electron chi connectivity index (χ2n) is 7.18. The Kier molecular flexibility index (Phi) is 6.28. The third kappa shape index (κ3) is 4.27. The maximum Gasteiger partial charge on any atom is 0.352 e. The van der Waals surface area contributed by atoms with Crippen LogP contribution in [0.3, 0.4) is 0 Å². The lowest BCUT2D eigenvalue weighted by atomic mass is 10.0. The second-order valence-corrected chi connectivity index (χ2v) is 12.6. The number of hydrogen-bond donors (Lipinski definition) is 1. The van der Waals surface area contributed by atoms with Crippen molar-refractivity contribution in [3.8, 4) is 0 Å². The lowest BCUT2D eigenvalue weighted by Gasteiger charge is -2.52. The SMILES string of the molecule is CC(=O)N(C1C(=O)N2C(C(=O)O)=C(CSc3nnc(C)s3)CSC12)n1ccnc1S(C)(=O)=O. The van der Waals surface area contributed by atoms with Crippen molar-refractivity contribution >= 4 is 62.5 Å². The summed E-state index contributed by atoms with van der Waals surface area (Å²) in [4.78, 5) is 42.7. The maximum atomic E-state index is 13.1. The molecule has 2 aromatic heterocycles. The summed E-state index contributed by atoms with van der Waals surface area (Å²) in [5.74, 6) is -1.79. The van der Waals surface area contributed by atoms with E-state index in [-0.39, 0.29) is 10.9 Å². The zero-order valence-electron chi connectivity index (χ0n) is 17.5. The van der Waals surface area contributed by atoms with Gasteiger partial charge in [0.2, 0.25) is 20.9 Å². The van der Waals surface area contributed by atoms with E-state index in [2.05, 4.69) is 15.2 Å². The van der Waals surface area contributed by atoms with Crippen LogP contribution in [0.2, 0.25) is 0 Å². The van der Waals surface area contributed by atoms with E-state index in [1.165, 1.54) is 54.2 Å². The number of sulfone groups is 1. The lowest BCUT2D eigenvalue weighted by molar-refractivity contribution is -0.150. The van der Waals surface area contributed by atoms with Crippen molar-refractivity contribution in [1.29, 1.82) is 0 Å². The fraction of sp³-hybridized carbons (Fsp3) is 0.412. The quantitative estimate of drug-likeness (QED) is 0.389. The summed E-state index contributed by atoms with van der Waals surface area (Å²) in [5, 5.41) is 18.5. The number of fused-ring (bicyclic) bond motifs is 1. The molecular formula is C17H18N6O6S4. The third-order valence-corrected chi connectivity index (χ3v) is 9.18. The van der Waals surface area contributed by atoms with Crippen molar-refractivity contribution < 1.29 is 27.9 Å². The molecule has 0 aliphatic carbocycles. The molecule has 2 aliphatic heterocycles. The lowest BCUT2D eigenvalue weighted by Crippen LogP contribution is -2.73. The van der Waals surface area contributed by atoms with E-state index in [0.29, 0.717) is 21.4 Å². The number of nitrogens with zero attached hydrogens (tertiary/aromatic N) is 6. The molecule has 2 atom stereocenters. The normalized spacial score (nSPS) is 20.5. The molecule has 0 spiro atoms. The fourth-order valence-electron chi connectivity index (χ4n) is 3.55. The monoisotopic (exact) mass is 530 g/mol. The number of carbonyl (C=O) groups excluding carboxylic acids is 2. The molecule has 33 heavy (non-hydrogen) atoms.